The summed E-state index contributed by atoms with van der Waals surface area (Å²) in [6.45, 7) is 0.917. The summed E-state index contributed by atoms with van der Waals surface area (Å²) in [5.41, 5.74) is 1.28. The summed E-state index contributed by atoms with van der Waals surface area (Å²) in [7, 11) is 0. The largest absolute Gasteiger partial charge is 0.318 e. The second-order valence-corrected chi connectivity index (χ2v) is 4.69. The van der Waals surface area contributed by atoms with Crippen LogP contribution in [-0.2, 0) is 0 Å². The molecule has 0 radical (unpaired) electrons. The van der Waals surface area contributed by atoms with Gasteiger partial charge in [0.15, 0.2) is 0 Å². The van der Waals surface area contributed by atoms with Gasteiger partial charge in [-0.2, -0.15) is 0 Å². The van der Waals surface area contributed by atoms with Gasteiger partial charge in [0.2, 0.25) is 0 Å². The average Bonchev–Trinajstić information content (AvgIpc) is 2.76. The molecule has 1 aromatic carbocycles. The van der Waals surface area contributed by atoms with Gasteiger partial charge in [-0.05, 0) is 33.6 Å². The summed E-state index contributed by atoms with van der Waals surface area (Å²) in [5, 5.41) is 0. The number of nitrogens with zero attached hydrogens (tertiary/aromatic N) is 2. The fourth-order valence-corrected chi connectivity index (χ4v) is 2.50. The van der Waals surface area contributed by atoms with E-state index < -0.39 is 0 Å². The van der Waals surface area contributed by atoms with E-state index in [0.29, 0.717) is 0 Å². The van der Waals surface area contributed by atoms with Crippen LogP contribution in [-0.4, -0.2) is 17.3 Å². The van der Waals surface area contributed by atoms with Crippen LogP contribution in [0.15, 0.2) is 58.2 Å². The first-order valence-corrected chi connectivity index (χ1v) is 6.08. The predicted molar refractivity (Wildman–Crippen MR) is 69.5 cm³/mol. The highest BCUT2D eigenvalue weighted by molar-refractivity contribution is 9.11. The Morgan fingerprint density at radius 1 is 1.25 bits per heavy atom. The zero-order valence-corrected chi connectivity index (χ0v) is 10.3. The van der Waals surface area contributed by atoms with Crippen LogP contribution in [0.1, 0.15) is 11.6 Å². The molecule has 0 amide bonds. The van der Waals surface area contributed by atoms with Crippen LogP contribution in [0.2, 0.25) is 0 Å². The Labute approximate surface area is 103 Å². The number of hydrogen-bond donors (Lipinski definition) is 0. The highest BCUT2D eigenvalue weighted by Crippen LogP contribution is 2.31. The number of allylic oxidation sites excluding steroid dienone is 2. The Kier molecular flexibility index (Phi) is 2.40. The number of amidine groups is 1. The standard InChI is InChI=1S/C13H11BrN2/c14-12-7-4-8-13-15-11(9-16(12)13)10-5-2-1-3-6-10/h1-8,11H,9H2. The SMILES string of the molecule is BrC1=CC=CC2=NC(c3ccccc3)CN12. The van der Waals surface area contributed by atoms with E-state index in [1.807, 2.05) is 24.3 Å². The molecule has 0 fully saturated rings. The lowest BCUT2D eigenvalue weighted by Gasteiger charge is -2.20. The van der Waals surface area contributed by atoms with Gasteiger partial charge in [-0.1, -0.05) is 36.4 Å². The van der Waals surface area contributed by atoms with Crippen molar-refractivity contribution in [2.75, 3.05) is 6.54 Å². The summed E-state index contributed by atoms with van der Waals surface area (Å²) in [4.78, 5) is 6.91. The van der Waals surface area contributed by atoms with E-state index in [-0.39, 0.29) is 6.04 Å². The van der Waals surface area contributed by atoms with Crippen molar-refractivity contribution in [3.8, 4) is 0 Å². The van der Waals surface area contributed by atoms with Gasteiger partial charge in [-0.15, -0.1) is 0 Å². The van der Waals surface area contributed by atoms with E-state index in [4.69, 9.17) is 4.99 Å². The lowest BCUT2D eigenvalue weighted by atomic mass is 10.1. The van der Waals surface area contributed by atoms with Gasteiger partial charge in [-0.25, -0.2) is 0 Å². The molecule has 2 aliphatic heterocycles. The molecule has 1 unspecified atom stereocenters. The number of rotatable bonds is 1. The van der Waals surface area contributed by atoms with Gasteiger partial charge in [0.05, 0.1) is 17.2 Å². The van der Waals surface area contributed by atoms with Crippen LogP contribution in [0.4, 0.5) is 0 Å². The number of aliphatic imine (C=N–C) groups is 1. The van der Waals surface area contributed by atoms with Crippen molar-refractivity contribution >= 4 is 21.8 Å². The van der Waals surface area contributed by atoms with Crippen molar-refractivity contribution in [2.24, 2.45) is 4.99 Å². The summed E-state index contributed by atoms with van der Waals surface area (Å²) >= 11 is 3.55. The van der Waals surface area contributed by atoms with E-state index in [0.717, 1.165) is 17.0 Å². The first kappa shape index (κ1) is 9.85. The van der Waals surface area contributed by atoms with Crippen LogP contribution in [0.5, 0.6) is 0 Å². The zero-order valence-electron chi connectivity index (χ0n) is 8.68. The maximum absolute atomic E-state index is 4.72. The second-order valence-electron chi connectivity index (χ2n) is 3.87. The van der Waals surface area contributed by atoms with Crippen molar-refractivity contribution in [3.63, 3.8) is 0 Å². The van der Waals surface area contributed by atoms with Gasteiger partial charge in [-0.3, -0.25) is 4.99 Å². The molecule has 3 rings (SSSR count). The molecule has 2 nitrogen and oxygen atoms in total. The maximum Gasteiger partial charge on any atom is 0.129 e. The number of halogens is 1. The molecule has 0 spiro atoms. The van der Waals surface area contributed by atoms with Crippen LogP contribution < -0.4 is 0 Å². The molecule has 16 heavy (non-hydrogen) atoms. The monoisotopic (exact) mass is 274 g/mol. The normalized spacial score (nSPS) is 22.8. The van der Waals surface area contributed by atoms with E-state index in [1.54, 1.807) is 0 Å². The van der Waals surface area contributed by atoms with Crippen LogP contribution >= 0.6 is 15.9 Å². The van der Waals surface area contributed by atoms with Crippen LogP contribution in [0.25, 0.3) is 0 Å². The molecule has 0 N–H and O–H groups in total. The fourth-order valence-electron chi connectivity index (χ4n) is 2.02. The number of benzene rings is 1. The Balaban J connectivity index is 1.92. The molecule has 80 valence electrons. The zero-order chi connectivity index (χ0) is 11.0. The van der Waals surface area contributed by atoms with Crippen molar-refractivity contribution in [1.29, 1.82) is 0 Å². The Morgan fingerprint density at radius 2 is 2.06 bits per heavy atom. The Morgan fingerprint density at radius 3 is 2.81 bits per heavy atom. The molecule has 1 aromatic rings. The molecular weight excluding hydrogens is 264 g/mol. The Hall–Kier alpha value is -1.35. The minimum Gasteiger partial charge on any atom is -0.318 e. The van der Waals surface area contributed by atoms with Gasteiger partial charge in [0.25, 0.3) is 0 Å². The molecule has 0 aromatic heterocycles. The minimum absolute atomic E-state index is 0.250. The molecule has 2 aliphatic rings. The molecule has 0 bridgehead atoms. The summed E-state index contributed by atoms with van der Waals surface area (Å²) < 4.78 is 1.09. The Bertz CT molecular complexity index is 488. The van der Waals surface area contributed by atoms with E-state index >= 15 is 0 Å². The summed E-state index contributed by atoms with van der Waals surface area (Å²) in [6.07, 6.45) is 6.12. The molecule has 1 atom stereocenters. The second kappa shape index (κ2) is 3.91. The van der Waals surface area contributed by atoms with Gasteiger partial charge >= 0.3 is 0 Å². The molecule has 2 heterocycles. The highest BCUT2D eigenvalue weighted by atomic mass is 79.9. The van der Waals surface area contributed by atoms with Crippen LogP contribution in [0.3, 0.4) is 0 Å². The lowest BCUT2D eigenvalue weighted by Crippen LogP contribution is -2.25. The predicted octanol–water partition coefficient (Wildman–Crippen LogP) is 3.25. The summed E-state index contributed by atoms with van der Waals surface area (Å²) in [5.74, 6) is 1.04. The molecular formula is C13H11BrN2. The lowest BCUT2D eigenvalue weighted by molar-refractivity contribution is 0.542. The number of fused-ring (bicyclic) bond motifs is 1. The van der Waals surface area contributed by atoms with Gasteiger partial charge in [0.1, 0.15) is 5.84 Å². The quantitative estimate of drug-likeness (QED) is 0.718. The highest BCUT2D eigenvalue weighted by Gasteiger charge is 2.27. The van der Waals surface area contributed by atoms with Crippen molar-refractivity contribution in [2.45, 2.75) is 6.04 Å². The van der Waals surface area contributed by atoms with E-state index in [1.165, 1.54) is 5.56 Å². The molecule has 3 heteroatoms. The first-order chi connectivity index (χ1) is 7.84. The minimum atomic E-state index is 0.250. The third-order valence-corrected chi connectivity index (χ3v) is 3.53. The van der Waals surface area contributed by atoms with E-state index in [2.05, 4.69) is 45.1 Å². The molecule has 0 saturated heterocycles. The third kappa shape index (κ3) is 1.61. The maximum atomic E-state index is 4.72. The van der Waals surface area contributed by atoms with Crippen LogP contribution in [0, 0.1) is 0 Å². The average molecular weight is 275 g/mol. The smallest absolute Gasteiger partial charge is 0.129 e. The molecule has 0 aliphatic carbocycles. The number of hydrogen-bond acceptors (Lipinski definition) is 2. The molecule has 0 saturated carbocycles. The van der Waals surface area contributed by atoms with Crippen molar-refractivity contribution in [3.05, 3.63) is 58.7 Å². The van der Waals surface area contributed by atoms with E-state index in [9.17, 15) is 0 Å². The summed E-state index contributed by atoms with van der Waals surface area (Å²) in [6, 6.07) is 10.7. The van der Waals surface area contributed by atoms with Gasteiger partial charge in [0, 0.05) is 0 Å². The first-order valence-electron chi connectivity index (χ1n) is 5.29. The topological polar surface area (TPSA) is 15.6 Å². The van der Waals surface area contributed by atoms with Crippen molar-refractivity contribution < 1.29 is 0 Å². The fraction of sp³-hybridized carbons (Fsp3) is 0.154. The van der Waals surface area contributed by atoms with Crippen molar-refractivity contribution in [1.82, 2.24) is 4.90 Å². The van der Waals surface area contributed by atoms with Gasteiger partial charge < -0.3 is 4.90 Å². The third-order valence-electron chi connectivity index (χ3n) is 2.84.